The van der Waals surface area contributed by atoms with Gasteiger partial charge in [0.1, 0.15) is 6.04 Å². The van der Waals surface area contributed by atoms with Crippen LogP contribution in [-0.2, 0) is 9.59 Å². The third-order valence-electron chi connectivity index (χ3n) is 13.6. The number of carbonyl (C=O) groups is 2. The Morgan fingerprint density at radius 3 is 2.37 bits per heavy atom. The molecule has 7 heteroatoms. The van der Waals surface area contributed by atoms with Crippen molar-refractivity contribution in [3.63, 3.8) is 0 Å². The Bertz CT molecular complexity index is 968. The number of amides is 2. The molecule has 6 fully saturated rings. The summed E-state index contributed by atoms with van der Waals surface area (Å²) in [6.45, 7) is 10.8. The maximum Gasteiger partial charge on any atom is 0.245 e. The zero-order valence-electron chi connectivity index (χ0n) is 26.1. The molecule has 4 saturated carbocycles. The Labute approximate surface area is 248 Å². The number of piperazine rings is 1. The molecule has 0 aromatic heterocycles. The first-order valence-corrected chi connectivity index (χ1v) is 17.4. The molecule has 0 spiro atoms. The third kappa shape index (κ3) is 5.18. The molecule has 2 saturated heterocycles. The predicted molar refractivity (Wildman–Crippen MR) is 160 cm³/mol. The summed E-state index contributed by atoms with van der Waals surface area (Å²) in [6, 6.07) is -0.112. The van der Waals surface area contributed by atoms with E-state index in [9.17, 15) is 19.8 Å². The van der Waals surface area contributed by atoms with E-state index in [1.165, 1.54) is 25.7 Å². The van der Waals surface area contributed by atoms with Gasteiger partial charge in [-0.05, 0) is 105 Å². The Hall–Kier alpha value is -1.18. The molecule has 0 radical (unpaired) electrons. The standard InChI is InChI=1S/C34H57N3O4/c1-4-5-6-9-31(40)37-16-7-8-27(37)32(41)36-19-17-35(18-20-36)28-22-34(3)23(21-29(28)38)10-11-24-25-12-13-30(39)33(25,2)15-14-26(24)34/h23-30,38-39H,4-22H2,1-3H3/t23-,24-,25-,26-,27-,28-,29-,30-,33-,34-/m0/s1. The summed E-state index contributed by atoms with van der Waals surface area (Å²) < 4.78 is 0. The molecule has 0 aromatic carbocycles. The van der Waals surface area contributed by atoms with Crippen LogP contribution < -0.4 is 0 Å². The molecule has 0 aromatic rings. The lowest BCUT2D eigenvalue weighted by molar-refractivity contribution is -0.158. The minimum atomic E-state index is -0.292. The lowest BCUT2D eigenvalue weighted by Gasteiger charge is -2.62. The van der Waals surface area contributed by atoms with Crippen molar-refractivity contribution in [2.24, 2.45) is 34.5 Å². The highest BCUT2D eigenvalue weighted by Crippen LogP contribution is 2.66. The second-order valence-electron chi connectivity index (χ2n) is 15.4. The number of fused-ring (bicyclic) bond motifs is 5. The highest BCUT2D eigenvalue weighted by molar-refractivity contribution is 5.88. The van der Waals surface area contributed by atoms with E-state index in [0.29, 0.717) is 37.3 Å². The second kappa shape index (κ2) is 11.7. The maximum atomic E-state index is 13.6. The van der Waals surface area contributed by atoms with E-state index in [1.54, 1.807) is 0 Å². The van der Waals surface area contributed by atoms with E-state index in [4.69, 9.17) is 0 Å². The molecule has 2 heterocycles. The van der Waals surface area contributed by atoms with Crippen molar-refractivity contribution in [1.82, 2.24) is 14.7 Å². The zero-order chi connectivity index (χ0) is 28.9. The molecule has 2 aliphatic heterocycles. The summed E-state index contributed by atoms with van der Waals surface area (Å²) in [7, 11) is 0. The largest absolute Gasteiger partial charge is 0.393 e. The van der Waals surface area contributed by atoms with Crippen LogP contribution in [0.5, 0.6) is 0 Å². The summed E-state index contributed by atoms with van der Waals surface area (Å²) in [4.78, 5) is 32.8. The van der Waals surface area contributed by atoms with Crippen LogP contribution in [0.3, 0.4) is 0 Å². The van der Waals surface area contributed by atoms with E-state index >= 15 is 0 Å². The van der Waals surface area contributed by atoms with Gasteiger partial charge in [0.2, 0.25) is 11.8 Å². The van der Waals surface area contributed by atoms with E-state index in [0.717, 1.165) is 83.3 Å². The quantitative estimate of drug-likeness (QED) is 0.461. The third-order valence-corrected chi connectivity index (χ3v) is 13.6. The minimum Gasteiger partial charge on any atom is -0.393 e. The van der Waals surface area contributed by atoms with Crippen LogP contribution >= 0.6 is 0 Å². The predicted octanol–water partition coefficient (Wildman–Crippen LogP) is 4.44. The van der Waals surface area contributed by atoms with Crippen molar-refractivity contribution >= 4 is 11.8 Å². The van der Waals surface area contributed by atoms with E-state index in [-0.39, 0.29) is 46.9 Å². The molecular formula is C34H57N3O4. The van der Waals surface area contributed by atoms with Crippen LogP contribution in [-0.4, -0.2) is 93.7 Å². The van der Waals surface area contributed by atoms with Crippen molar-refractivity contribution < 1.29 is 19.8 Å². The number of rotatable bonds is 6. The van der Waals surface area contributed by atoms with Crippen molar-refractivity contribution in [3.8, 4) is 0 Å². The lowest BCUT2D eigenvalue weighted by Crippen LogP contribution is -2.62. The molecule has 0 unspecified atom stereocenters. The summed E-state index contributed by atoms with van der Waals surface area (Å²) in [5, 5.41) is 22.3. The molecule has 7 nitrogen and oxygen atoms in total. The van der Waals surface area contributed by atoms with Crippen molar-refractivity contribution in [2.45, 2.75) is 135 Å². The number of unbranched alkanes of at least 4 members (excludes halogenated alkanes) is 2. The van der Waals surface area contributed by atoms with Crippen LogP contribution in [0.4, 0.5) is 0 Å². The SMILES string of the molecule is CCCCCC(=O)N1CCC[C@H]1C(=O)N1CCN([C@H]2C[C@@]3(C)[C@@H](CC[C@@H]4[C@@H]3CC[C@]3(C)[C@@H](O)CC[C@@H]43)C[C@@H]2O)CC1. The number of hydrogen-bond acceptors (Lipinski definition) is 5. The molecule has 0 bridgehead atoms. The van der Waals surface area contributed by atoms with E-state index in [2.05, 4.69) is 25.7 Å². The first-order chi connectivity index (χ1) is 19.7. The summed E-state index contributed by atoms with van der Waals surface area (Å²) >= 11 is 0. The summed E-state index contributed by atoms with van der Waals surface area (Å²) in [5.74, 6) is 2.96. The molecule has 2 N–H and O–H groups in total. The fourth-order valence-corrected chi connectivity index (χ4v) is 11.1. The molecule has 10 atom stereocenters. The topological polar surface area (TPSA) is 84.3 Å². The van der Waals surface area contributed by atoms with E-state index < -0.39 is 0 Å². The van der Waals surface area contributed by atoms with Crippen molar-refractivity contribution in [3.05, 3.63) is 0 Å². The molecule has 4 aliphatic carbocycles. The van der Waals surface area contributed by atoms with Gasteiger partial charge in [-0.1, -0.05) is 33.6 Å². The molecule has 41 heavy (non-hydrogen) atoms. The number of hydrogen-bond donors (Lipinski definition) is 2. The molecule has 6 rings (SSSR count). The Morgan fingerprint density at radius 2 is 1.61 bits per heavy atom. The van der Waals surface area contributed by atoms with Gasteiger partial charge < -0.3 is 20.0 Å². The molecular weight excluding hydrogens is 514 g/mol. The Balaban J connectivity index is 1.08. The average molecular weight is 572 g/mol. The first kappa shape index (κ1) is 29.9. The van der Waals surface area contributed by atoms with Gasteiger partial charge in [-0.3, -0.25) is 14.5 Å². The van der Waals surface area contributed by atoms with Crippen LogP contribution in [0.2, 0.25) is 0 Å². The van der Waals surface area contributed by atoms with Crippen LogP contribution in [0, 0.1) is 34.5 Å². The van der Waals surface area contributed by atoms with Crippen LogP contribution in [0.1, 0.15) is 111 Å². The molecule has 2 amide bonds. The van der Waals surface area contributed by atoms with Gasteiger partial charge in [-0.25, -0.2) is 0 Å². The number of likely N-dealkylation sites (tertiary alicyclic amines) is 1. The number of nitrogens with zero attached hydrogens (tertiary/aromatic N) is 3. The number of aliphatic hydroxyl groups excluding tert-OH is 2. The summed E-state index contributed by atoms with van der Waals surface area (Å²) in [5.41, 5.74) is 0.354. The van der Waals surface area contributed by atoms with Gasteiger partial charge in [-0.15, -0.1) is 0 Å². The molecule has 6 aliphatic rings. The zero-order valence-corrected chi connectivity index (χ0v) is 26.1. The van der Waals surface area contributed by atoms with Gasteiger partial charge in [-0.2, -0.15) is 0 Å². The van der Waals surface area contributed by atoms with Crippen molar-refractivity contribution in [2.75, 3.05) is 32.7 Å². The van der Waals surface area contributed by atoms with Crippen LogP contribution in [0.25, 0.3) is 0 Å². The first-order valence-electron chi connectivity index (χ1n) is 17.4. The van der Waals surface area contributed by atoms with Gasteiger partial charge in [0.15, 0.2) is 0 Å². The molecule has 232 valence electrons. The highest BCUT2D eigenvalue weighted by atomic mass is 16.3. The number of carbonyl (C=O) groups excluding carboxylic acids is 2. The minimum absolute atomic E-state index is 0.107. The smallest absolute Gasteiger partial charge is 0.245 e. The van der Waals surface area contributed by atoms with Gasteiger partial charge in [0, 0.05) is 45.2 Å². The lowest BCUT2D eigenvalue weighted by atomic mass is 9.44. The fourth-order valence-electron chi connectivity index (χ4n) is 11.1. The van der Waals surface area contributed by atoms with Gasteiger partial charge in [0.05, 0.1) is 12.2 Å². The normalized spacial score (nSPS) is 44.8. The highest BCUT2D eigenvalue weighted by Gasteiger charge is 2.61. The second-order valence-corrected chi connectivity index (χ2v) is 15.4. The van der Waals surface area contributed by atoms with Crippen molar-refractivity contribution in [1.29, 1.82) is 0 Å². The van der Waals surface area contributed by atoms with Crippen LogP contribution in [0.15, 0.2) is 0 Å². The average Bonchev–Trinajstić information content (AvgIpc) is 3.58. The Kier molecular flexibility index (Phi) is 8.54. The summed E-state index contributed by atoms with van der Waals surface area (Å²) in [6.07, 6.45) is 13.9. The van der Waals surface area contributed by atoms with Gasteiger partial charge >= 0.3 is 0 Å². The monoisotopic (exact) mass is 571 g/mol. The van der Waals surface area contributed by atoms with Gasteiger partial charge in [0.25, 0.3) is 0 Å². The maximum absolute atomic E-state index is 13.6. The number of aliphatic hydroxyl groups is 2. The Morgan fingerprint density at radius 1 is 0.854 bits per heavy atom. The fraction of sp³-hybridized carbons (Fsp3) is 0.941. The van der Waals surface area contributed by atoms with E-state index in [1.807, 2.05) is 9.80 Å².